The van der Waals surface area contributed by atoms with E-state index in [1.165, 1.54) is 5.56 Å². The molecule has 4 rings (SSSR count). The average molecular weight is 514 g/mol. The smallest absolute Gasteiger partial charge is 0.179 e. The van der Waals surface area contributed by atoms with Crippen LogP contribution in [0.2, 0.25) is 25.7 Å². The molecule has 0 saturated heterocycles. The first-order valence-corrected chi connectivity index (χ1v) is 17.4. The van der Waals surface area contributed by atoms with Crippen LogP contribution in [0.15, 0.2) is 41.6 Å². The first-order chi connectivity index (χ1) is 16.6. The van der Waals surface area contributed by atoms with Crippen molar-refractivity contribution < 1.29 is 14.0 Å². The van der Waals surface area contributed by atoms with Crippen LogP contribution < -0.4 is 4.72 Å². The van der Waals surface area contributed by atoms with Gasteiger partial charge in [0.15, 0.2) is 4.90 Å². The number of fused-ring (bicyclic) bond motifs is 1. The molecular formula is C27H39N3O3SSi. The molecule has 0 bridgehead atoms. The van der Waals surface area contributed by atoms with Crippen molar-refractivity contribution in [3.63, 3.8) is 0 Å². The highest BCUT2D eigenvalue weighted by Crippen LogP contribution is 2.29. The van der Waals surface area contributed by atoms with Gasteiger partial charge in [-0.25, -0.2) is 4.98 Å². The van der Waals surface area contributed by atoms with E-state index in [0.717, 1.165) is 58.1 Å². The van der Waals surface area contributed by atoms with Crippen LogP contribution in [0.4, 0.5) is 0 Å². The maximum Gasteiger partial charge on any atom is 0.179 e. The molecule has 0 amide bonds. The van der Waals surface area contributed by atoms with Gasteiger partial charge in [-0.2, -0.15) is 0 Å². The molecule has 0 spiro atoms. The molecule has 0 unspecified atom stereocenters. The predicted octanol–water partition coefficient (Wildman–Crippen LogP) is 5.81. The quantitative estimate of drug-likeness (QED) is 0.188. The number of aryl methyl sites for hydroxylation is 3. The second kappa shape index (κ2) is 11.1. The third-order valence-corrected chi connectivity index (χ3v) is 9.55. The second-order valence-corrected chi connectivity index (χ2v) is 17.8. The van der Waals surface area contributed by atoms with Crippen molar-refractivity contribution in [2.24, 2.45) is 0 Å². The zero-order valence-electron chi connectivity index (χ0n) is 21.9. The van der Waals surface area contributed by atoms with Crippen molar-refractivity contribution >= 4 is 30.5 Å². The predicted molar refractivity (Wildman–Crippen MR) is 146 cm³/mol. The molecule has 1 saturated carbocycles. The van der Waals surface area contributed by atoms with Crippen LogP contribution in [0.3, 0.4) is 0 Å². The number of ether oxygens (including phenoxy) is 2. The summed E-state index contributed by atoms with van der Waals surface area (Å²) in [6, 6.07) is 11.4. The lowest BCUT2D eigenvalue weighted by Gasteiger charge is -2.22. The fourth-order valence-corrected chi connectivity index (χ4v) is 6.29. The molecule has 1 aliphatic carbocycles. The summed E-state index contributed by atoms with van der Waals surface area (Å²) in [7, 11) is -1.11. The Morgan fingerprint density at radius 1 is 1.14 bits per heavy atom. The van der Waals surface area contributed by atoms with Crippen molar-refractivity contribution in [1.29, 1.82) is 0 Å². The summed E-state index contributed by atoms with van der Waals surface area (Å²) in [4.78, 5) is 5.47. The fourth-order valence-electron chi connectivity index (χ4n) is 4.25. The molecule has 35 heavy (non-hydrogen) atoms. The normalized spacial score (nSPS) is 16.1. The Morgan fingerprint density at radius 3 is 2.51 bits per heavy atom. The lowest BCUT2D eigenvalue weighted by atomic mass is 10.1. The number of rotatable bonds is 12. The maximum atomic E-state index is 13.4. The van der Waals surface area contributed by atoms with Crippen molar-refractivity contribution in [1.82, 2.24) is 14.3 Å². The molecule has 0 aliphatic heterocycles. The zero-order chi connectivity index (χ0) is 25.2. The van der Waals surface area contributed by atoms with E-state index < -0.39 is 19.4 Å². The van der Waals surface area contributed by atoms with E-state index in [1.54, 1.807) is 0 Å². The Kier molecular flexibility index (Phi) is 8.40. The third-order valence-electron chi connectivity index (χ3n) is 6.34. The molecule has 2 aromatic carbocycles. The molecule has 1 aromatic heterocycles. The van der Waals surface area contributed by atoms with Crippen molar-refractivity contribution in [2.45, 2.75) is 83.1 Å². The van der Waals surface area contributed by atoms with Gasteiger partial charge in [0.25, 0.3) is 0 Å². The molecule has 6 nitrogen and oxygen atoms in total. The molecule has 1 N–H and O–H groups in total. The number of nitrogens with one attached hydrogen (secondary N) is 1. The summed E-state index contributed by atoms with van der Waals surface area (Å²) in [6.07, 6.45) is 4.37. The number of imidazole rings is 1. The van der Waals surface area contributed by atoms with Gasteiger partial charge < -0.3 is 18.6 Å². The molecule has 190 valence electrons. The van der Waals surface area contributed by atoms with Gasteiger partial charge in [0.05, 0.1) is 41.4 Å². The number of benzene rings is 2. The SMILES string of the molecule is Cc1cc(C)c([S@@+]([O-])N[C@H](COC2CC2)c2ccc3c(c2)ncn3COCC[Si](C)(C)C)c(C)c1. The van der Waals surface area contributed by atoms with E-state index >= 15 is 0 Å². The number of hydrogen-bond donors (Lipinski definition) is 1. The van der Waals surface area contributed by atoms with Gasteiger partial charge in [0.2, 0.25) is 0 Å². The van der Waals surface area contributed by atoms with Crippen LogP contribution in [0.1, 0.15) is 41.1 Å². The minimum absolute atomic E-state index is 0.195. The summed E-state index contributed by atoms with van der Waals surface area (Å²) in [5.74, 6) is 0. The fraction of sp³-hybridized carbons (Fsp3) is 0.519. The van der Waals surface area contributed by atoms with Crippen LogP contribution in [0.25, 0.3) is 11.0 Å². The van der Waals surface area contributed by atoms with Crippen molar-refractivity contribution in [3.05, 3.63) is 58.9 Å². The minimum atomic E-state index is -1.35. The van der Waals surface area contributed by atoms with Crippen LogP contribution in [0, 0.1) is 20.8 Å². The van der Waals surface area contributed by atoms with Gasteiger partial charge in [-0.1, -0.05) is 43.4 Å². The molecule has 0 radical (unpaired) electrons. The van der Waals surface area contributed by atoms with Crippen molar-refractivity contribution in [3.8, 4) is 0 Å². The Morgan fingerprint density at radius 2 is 1.86 bits per heavy atom. The summed E-state index contributed by atoms with van der Waals surface area (Å²) in [5.41, 5.74) is 6.23. The molecule has 3 aromatic rings. The van der Waals surface area contributed by atoms with Gasteiger partial charge in [0.1, 0.15) is 12.8 Å². The zero-order valence-corrected chi connectivity index (χ0v) is 23.7. The minimum Gasteiger partial charge on any atom is -0.593 e. The summed E-state index contributed by atoms with van der Waals surface area (Å²) >= 11 is -1.35. The van der Waals surface area contributed by atoms with E-state index in [0.29, 0.717) is 19.4 Å². The lowest BCUT2D eigenvalue weighted by molar-refractivity contribution is 0.0898. The standard InChI is InChI=1S/C27H39N3O3SSi/c1-19-13-20(2)27(21(3)14-19)34(31)29-25(16-33-23-8-9-23)22-7-10-26-24(15-22)28-17-30(26)18-32-11-12-35(4,5)6/h7,10,13-15,17,23,25,29H,8-9,11-12,16,18H2,1-6H3/t25-,34-/m1/s1. The molecule has 8 heteroatoms. The highest BCUT2D eigenvalue weighted by Gasteiger charge is 2.28. The van der Waals surface area contributed by atoms with E-state index in [9.17, 15) is 4.55 Å². The second-order valence-electron chi connectivity index (χ2n) is 11.0. The van der Waals surface area contributed by atoms with Gasteiger partial charge in [-0.05, 0) is 57.4 Å². The van der Waals surface area contributed by atoms with Gasteiger partial charge in [-0.15, -0.1) is 4.72 Å². The summed E-state index contributed by atoms with van der Waals surface area (Å²) in [5, 5.41) is 0. The first-order valence-electron chi connectivity index (χ1n) is 12.5. The van der Waals surface area contributed by atoms with E-state index in [2.05, 4.69) is 66.6 Å². The van der Waals surface area contributed by atoms with Gasteiger partial charge in [-0.3, -0.25) is 0 Å². The third kappa shape index (κ3) is 7.18. The number of nitrogens with zero attached hydrogens (tertiary/aromatic N) is 2. The molecule has 2 atom stereocenters. The van der Waals surface area contributed by atoms with E-state index in [-0.39, 0.29) is 6.04 Å². The Bertz CT molecular complexity index is 1130. The van der Waals surface area contributed by atoms with E-state index in [1.807, 2.05) is 24.7 Å². The van der Waals surface area contributed by atoms with Crippen LogP contribution in [-0.4, -0.2) is 41.5 Å². The van der Waals surface area contributed by atoms with Crippen LogP contribution in [0.5, 0.6) is 0 Å². The number of aromatic nitrogens is 2. The monoisotopic (exact) mass is 513 g/mol. The highest BCUT2D eigenvalue weighted by molar-refractivity contribution is 7.89. The maximum absolute atomic E-state index is 13.4. The highest BCUT2D eigenvalue weighted by atomic mass is 32.2. The molecular weight excluding hydrogens is 474 g/mol. The Labute approximate surface area is 213 Å². The number of hydrogen-bond acceptors (Lipinski definition) is 5. The molecule has 1 aliphatic rings. The van der Waals surface area contributed by atoms with Gasteiger partial charge in [0, 0.05) is 25.8 Å². The van der Waals surface area contributed by atoms with Crippen LogP contribution in [-0.2, 0) is 27.6 Å². The molecule has 1 heterocycles. The average Bonchev–Trinajstić information content (AvgIpc) is 3.51. The Hall–Kier alpha value is -1.68. The summed E-state index contributed by atoms with van der Waals surface area (Å²) in [6.45, 7) is 14.9. The largest absolute Gasteiger partial charge is 0.593 e. The van der Waals surface area contributed by atoms with Crippen molar-refractivity contribution in [2.75, 3.05) is 13.2 Å². The van der Waals surface area contributed by atoms with Gasteiger partial charge >= 0.3 is 0 Å². The Balaban J connectivity index is 1.50. The summed E-state index contributed by atoms with van der Waals surface area (Å²) < 4.78 is 30.8. The topological polar surface area (TPSA) is 71.4 Å². The molecule has 1 fully saturated rings. The van der Waals surface area contributed by atoms with E-state index in [4.69, 9.17) is 9.47 Å². The van der Waals surface area contributed by atoms with Crippen LogP contribution >= 0.6 is 0 Å². The first kappa shape index (κ1) is 26.4. The lowest BCUT2D eigenvalue weighted by Crippen LogP contribution is -2.32.